The highest BCUT2D eigenvalue weighted by Gasteiger charge is 2.20. The van der Waals surface area contributed by atoms with Gasteiger partial charge in [-0.2, -0.15) is 0 Å². The van der Waals surface area contributed by atoms with Crippen LogP contribution in [0.15, 0.2) is 0 Å². The molecule has 19 heavy (non-hydrogen) atoms. The van der Waals surface area contributed by atoms with E-state index in [4.69, 9.17) is 17.3 Å². The summed E-state index contributed by atoms with van der Waals surface area (Å²) in [6, 6.07) is -0.996. The predicted octanol–water partition coefficient (Wildman–Crippen LogP) is 0.980. The molecular formula is C14H24N2O3. The lowest BCUT2D eigenvalue weighted by atomic mass is 9.88. The Kier molecular flexibility index (Phi) is 8.64. The van der Waals surface area contributed by atoms with E-state index in [9.17, 15) is 9.59 Å². The van der Waals surface area contributed by atoms with Gasteiger partial charge in [-0.25, -0.2) is 4.79 Å². The second-order valence-electron chi connectivity index (χ2n) is 4.99. The molecule has 0 saturated carbocycles. The van der Waals surface area contributed by atoms with Crippen molar-refractivity contribution in [1.82, 2.24) is 5.32 Å². The molecule has 0 aliphatic carbocycles. The van der Waals surface area contributed by atoms with E-state index in [1.165, 1.54) is 0 Å². The Morgan fingerprint density at radius 2 is 2.00 bits per heavy atom. The quantitative estimate of drug-likeness (QED) is 0.543. The molecule has 0 aromatic carbocycles. The van der Waals surface area contributed by atoms with Gasteiger partial charge in [0, 0.05) is 12.8 Å². The molecule has 0 bridgehead atoms. The Hall–Kier alpha value is -1.54. The summed E-state index contributed by atoms with van der Waals surface area (Å²) in [6.07, 6.45) is 6.95. The van der Waals surface area contributed by atoms with Crippen LogP contribution < -0.4 is 11.1 Å². The predicted molar refractivity (Wildman–Crippen MR) is 74.2 cm³/mol. The van der Waals surface area contributed by atoms with Crippen LogP contribution in [0, 0.1) is 24.2 Å². The minimum atomic E-state index is -1.10. The van der Waals surface area contributed by atoms with Gasteiger partial charge in [-0.3, -0.25) is 4.79 Å². The van der Waals surface area contributed by atoms with Gasteiger partial charge < -0.3 is 16.2 Å². The summed E-state index contributed by atoms with van der Waals surface area (Å²) in [7, 11) is 0. The fraction of sp³-hybridized carbons (Fsp3) is 0.714. The zero-order chi connectivity index (χ0) is 14.8. The van der Waals surface area contributed by atoms with Gasteiger partial charge in [-0.05, 0) is 31.2 Å². The third-order valence-electron chi connectivity index (χ3n) is 3.18. The van der Waals surface area contributed by atoms with Gasteiger partial charge in [0.1, 0.15) is 6.04 Å². The Morgan fingerprint density at radius 1 is 1.37 bits per heavy atom. The maximum absolute atomic E-state index is 11.7. The van der Waals surface area contributed by atoms with Crippen LogP contribution in [0.2, 0.25) is 0 Å². The molecule has 0 aliphatic rings. The highest BCUT2D eigenvalue weighted by molar-refractivity contribution is 5.83. The topological polar surface area (TPSA) is 92.4 Å². The second-order valence-corrected chi connectivity index (χ2v) is 4.99. The fourth-order valence-corrected chi connectivity index (χ4v) is 1.93. The summed E-state index contributed by atoms with van der Waals surface area (Å²) >= 11 is 0. The average Bonchev–Trinajstić information content (AvgIpc) is 2.33. The van der Waals surface area contributed by atoms with E-state index in [1.807, 2.05) is 0 Å². The SMILES string of the molecule is C#CCC(NC(=O)CCC(CCN)C(C)C)C(=O)O. The monoisotopic (exact) mass is 268 g/mol. The number of rotatable bonds is 9. The highest BCUT2D eigenvalue weighted by atomic mass is 16.4. The van der Waals surface area contributed by atoms with E-state index >= 15 is 0 Å². The minimum absolute atomic E-state index is 0.00250. The van der Waals surface area contributed by atoms with Crippen LogP contribution in [-0.2, 0) is 9.59 Å². The summed E-state index contributed by atoms with van der Waals surface area (Å²) in [5.41, 5.74) is 5.53. The van der Waals surface area contributed by atoms with E-state index in [0.717, 1.165) is 6.42 Å². The van der Waals surface area contributed by atoms with Crippen LogP contribution in [-0.4, -0.2) is 29.6 Å². The molecule has 0 saturated heterocycles. The number of hydrogen-bond acceptors (Lipinski definition) is 3. The van der Waals surface area contributed by atoms with Gasteiger partial charge in [0.15, 0.2) is 0 Å². The first-order chi connectivity index (χ1) is 8.92. The van der Waals surface area contributed by atoms with Crippen molar-refractivity contribution in [2.45, 2.75) is 45.6 Å². The molecule has 0 heterocycles. The van der Waals surface area contributed by atoms with Crippen LogP contribution in [0.4, 0.5) is 0 Å². The first-order valence-electron chi connectivity index (χ1n) is 6.58. The van der Waals surface area contributed by atoms with Crippen molar-refractivity contribution >= 4 is 11.9 Å². The number of amides is 1. The lowest BCUT2D eigenvalue weighted by Gasteiger charge is -2.20. The molecular weight excluding hydrogens is 244 g/mol. The number of nitrogens with one attached hydrogen (secondary N) is 1. The van der Waals surface area contributed by atoms with Gasteiger partial charge in [0.05, 0.1) is 0 Å². The Balaban J connectivity index is 4.22. The van der Waals surface area contributed by atoms with Crippen LogP contribution >= 0.6 is 0 Å². The summed E-state index contributed by atoms with van der Waals surface area (Å²) < 4.78 is 0. The number of carbonyl (C=O) groups is 2. The molecule has 0 aromatic rings. The van der Waals surface area contributed by atoms with Crippen molar-refractivity contribution in [1.29, 1.82) is 0 Å². The third-order valence-corrected chi connectivity index (χ3v) is 3.18. The summed E-state index contributed by atoms with van der Waals surface area (Å²) in [4.78, 5) is 22.5. The Bertz CT molecular complexity index is 334. The van der Waals surface area contributed by atoms with E-state index in [1.54, 1.807) is 0 Å². The number of carboxylic acids is 1. The van der Waals surface area contributed by atoms with Crippen LogP contribution in [0.25, 0.3) is 0 Å². The summed E-state index contributed by atoms with van der Waals surface area (Å²) in [5.74, 6) is 1.71. The first-order valence-corrected chi connectivity index (χ1v) is 6.58. The highest BCUT2D eigenvalue weighted by Crippen LogP contribution is 2.20. The molecule has 5 nitrogen and oxygen atoms in total. The van der Waals surface area contributed by atoms with Crippen LogP contribution in [0.3, 0.4) is 0 Å². The normalized spacial score (nSPS) is 13.6. The lowest BCUT2D eigenvalue weighted by Crippen LogP contribution is -2.40. The molecule has 0 radical (unpaired) electrons. The smallest absolute Gasteiger partial charge is 0.327 e. The Labute approximate surface area is 114 Å². The first kappa shape index (κ1) is 17.5. The molecule has 2 atom stereocenters. The molecule has 1 amide bonds. The number of hydrogen-bond donors (Lipinski definition) is 3. The van der Waals surface area contributed by atoms with E-state index in [0.29, 0.717) is 31.2 Å². The molecule has 0 rings (SSSR count). The minimum Gasteiger partial charge on any atom is -0.480 e. The molecule has 108 valence electrons. The molecule has 0 fully saturated rings. The van der Waals surface area contributed by atoms with Gasteiger partial charge in [-0.1, -0.05) is 13.8 Å². The summed E-state index contributed by atoms with van der Waals surface area (Å²) in [6.45, 7) is 4.78. The van der Waals surface area contributed by atoms with Crippen molar-refractivity contribution in [3.05, 3.63) is 0 Å². The van der Waals surface area contributed by atoms with E-state index in [2.05, 4.69) is 25.1 Å². The standard InChI is InChI=1S/C14H24N2O3/c1-4-5-12(14(18)19)16-13(17)7-6-11(8-9-15)10(2)3/h1,10-12H,5-9,15H2,2-3H3,(H,16,17)(H,18,19). The van der Waals surface area contributed by atoms with Crippen molar-refractivity contribution < 1.29 is 14.7 Å². The van der Waals surface area contributed by atoms with Crippen molar-refractivity contribution in [3.63, 3.8) is 0 Å². The largest absolute Gasteiger partial charge is 0.480 e. The maximum Gasteiger partial charge on any atom is 0.327 e. The van der Waals surface area contributed by atoms with Gasteiger partial charge in [-0.15, -0.1) is 12.3 Å². The van der Waals surface area contributed by atoms with Gasteiger partial charge in [0.2, 0.25) is 5.91 Å². The number of carbonyl (C=O) groups excluding carboxylic acids is 1. The lowest BCUT2D eigenvalue weighted by molar-refractivity contribution is -0.141. The maximum atomic E-state index is 11.7. The zero-order valence-corrected chi connectivity index (χ0v) is 11.7. The third kappa shape index (κ3) is 7.47. The van der Waals surface area contributed by atoms with Crippen LogP contribution in [0.1, 0.15) is 39.5 Å². The fourth-order valence-electron chi connectivity index (χ4n) is 1.93. The molecule has 0 spiro atoms. The average molecular weight is 268 g/mol. The van der Waals surface area contributed by atoms with Crippen molar-refractivity contribution in [2.24, 2.45) is 17.6 Å². The number of nitrogens with two attached hydrogens (primary N) is 1. The van der Waals surface area contributed by atoms with E-state index in [-0.39, 0.29) is 12.3 Å². The van der Waals surface area contributed by atoms with Gasteiger partial charge in [0.25, 0.3) is 0 Å². The van der Waals surface area contributed by atoms with Crippen molar-refractivity contribution in [3.8, 4) is 12.3 Å². The Morgan fingerprint density at radius 3 is 2.42 bits per heavy atom. The van der Waals surface area contributed by atoms with Crippen molar-refractivity contribution in [2.75, 3.05) is 6.54 Å². The van der Waals surface area contributed by atoms with Gasteiger partial charge >= 0.3 is 5.97 Å². The van der Waals surface area contributed by atoms with Crippen LogP contribution in [0.5, 0.6) is 0 Å². The second kappa shape index (κ2) is 9.40. The molecule has 2 unspecified atom stereocenters. The molecule has 4 N–H and O–H groups in total. The number of aliphatic carboxylic acids is 1. The molecule has 5 heteroatoms. The molecule has 0 aromatic heterocycles. The summed E-state index contributed by atoms with van der Waals surface area (Å²) in [5, 5.41) is 11.3. The van der Waals surface area contributed by atoms with E-state index < -0.39 is 12.0 Å². The number of carboxylic acid groups (broad SMARTS) is 1. The zero-order valence-electron chi connectivity index (χ0n) is 11.7. The number of terminal acetylenes is 1. The molecule has 0 aliphatic heterocycles.